The second-order valence-electron chi connectivity index (χ2n) is 6.71. The van der Waals surface area contributed by atoms with Crippen LogP contribution >= 0.6 is 0 Å². The number of rotatable bonds is 7. The lowest BCUT2D eigenvalue weighted by Crippen LogP contribution is -2.29. The third-order valence-electron chi connectivity index (χ3n) is 4.81. The minimum absolute atomic E-state index is 0.00843. The van der Waals surface area contributed by atoms with Gasteiger partial charge in [-0.3, -0.25) is 9.00 Å². The molecule has 4 rings (SSSR count). The Bertz CT molecular complexity index is 1050. The highest BCUT2D eigenvalue weighted by atomic mass is 32.2. The van der Waals surface area contributed by atoms with E-state index in [-0.39, 0.29) is 23.8 Å². The van der Waals surface area contributed by atoms with Gasteiger partial charge in [0.15, 0.2) is 0 Å². The lowest BCUT2D eigenvalue weighted by molar-refractivity contribution is -0.118. The van der Waals surface area contributed by atoms with Gasteiger partial charge >= 0.3 is 0 Å². The molecule has 1 aromatic heterocycles. The predicted octanol–water partition coefficient (Wildman–Crippen LogP) is 2.97. The molecule has 1 amide bonds. The van der Waals surface area contributed by atoms with E-state index in [4.69, 9.17) is 9.26 Å². The Morgan fingerprint density at radius 3 is 2.97 bits per heavy atom. The Balaban J connectivity index is 1.32. The highest BCUT2D eigenvalue weighted by Gasteiger charge is 2.24. The molecule has 1 atom stereocenters. The molecule has 3 aromatic rings. The van der Waals surface area contributed by atoms with Crippen molar-refractivity contribution < 1.29 is 18.3 Å². The number of para-hydroxylation sites is 1. The van der Waals surface area contributed by atoms with Crippen LogP contribution in [-0.2, 0) is 27.8 Å². The van der Waals surface area contributed by atoms with Gasteiger partial charge in [0.05, 0.1) is 7.11 Å². The van der Waals surface area contributed by atoms with Gasteiger partial charge in [-0.05, 0) is 30.2 Å². The summed E-state index contributed by atoms with van der Waals surface area (Å²) in [5.41, 5.74) is 2.90. The molecule has 2 heterocycles. The minimum Gasteiger partial charge on any atom is -0.497 e. The van der Waals surface area contributed by atoms with Crippen LogP contribution < -0.4 is 9.64 Å². The Labute approximate surface area is 171 Å². The number of anilines is 1. The van der Waals surface area contributed by atoms with E-state index >= 15 is 0 Å². The van der Waals surface area contributed by atoms with Crippen molar-refractivity contribution in [1.82, 2.24) is 10.1 Å². The fraction of sp³-hybridized carbons (Fsp3) is 0.286. The summed E-state index contributed by atoms with van der Waals surface area (Å²) in [6.45, 7) is 0.679. The number of hydrogen-bond acceptors (Lipinski definition) is 6. The summed E-state index contributed by atoms with van der Waals surface area (Å²) in [6.07, 6.45) is 1.08. The van der Waals surface area contributed by atoms with Gasteiger partial charge in [-0.2, -0.15) is 4.98 Å². The molecular weight excluding hydrogens is 390 g/mol. The average molecular weight is 411 g/mol. The minimum atomic E-state index is -1.27. The zero-order valence-electron chi connectivity index (χ0n) is 16.0. The van der Waals surface area contributed by atoms with Crippen LogP contribution in [0.2, 0.25) is 0 Å². The zero-order chi connectivity index (χ0) is 20.2. The van der Waals surface area contributed by atoms with Crippen LogP contribution in [0.5, 0.6) is 5.75 Å². The topological polar surface area (TPSA) is 85.5 Å². The van der Waals surface area contributed by atoms with Gasteiger partial charge in [0, 0.05) is 40.8 Å². The molecule has 8 heteroatoms. The Kier molecular flexibility index (Phi) is 5.71. The first-order valence-corrected chi connectivity index (χ1v) is 10.8. The van der Waals surface area contributed by atoms with Crippen molar-refractivity contribution in [2.45, 2.75) is 18.6 Å². The number of carbonyl (C=O) groups is 1. The van der Waals surface area contributed by atoms with Gasteiger partial charge in [-0.25, -0.2) is 0 Å². The standard InChI is InChI=1S/C21H21N3O4S/c1-27-17-7-4-6-16(13-17)21-22-19(28-23-21)14-29(26)12-10-20(25)24-11-9-15-5-2-3-8-18(15)24/h2-8,13H,9-12,14H2,1H3. The maximum Gasteiger partial charge on any atom is 0.239 e. The monoisotopic (exact) mass is 411 g/mol. The van der Waals surface area contributed by atoms with E-state index in [1.807, 2.05) is 42.5 Å². The number of fused-ring (bicyclic) bond motifs is 1. The molecule has 1 aliphatic rings. The van der Waals surface area contributed by atoms with Gasteiger partial charge in [-0.15, -0.1) is 0 Å². The number of nitrogens with zero attached hydrogens (tertiary/aromatic N) is 3. The summed E-state index contributed by atoms with van der Waals surface area (Å²) in [7, 11) is 0.322. The van der Waals surface area contributed by atoms with Crippen LogP contribution in [0.4, 0.5) is 5.69 Å². The summed E-state index contributed by atoms with van der Waals surface area (Å²) in [5.74, 6) is 1.78. The predicted molar refractivity (Wildman–Crippen MR) is 110 cm³/mol. The summed E-state index contributed by atoms with van der Waals surface area (Å²) < 4.78 is 22.8. The number of ether oxygens (including phenoxy) is 1. The van der Waals surface area contributed by atoms with E-state index in [9.17, 15) is 9.00 Å². The van der Waals surface area contributed by atoms with E-state index in [2.05, 4.69) is 10.1 Å². The number of methoxy groups -OCH3 is 1. The lowest BCUT2D eigenvalue weighted by atomic mass is 10.2. The Hall–Kier alpha value is -3.00. The largest absolute Gasteiger partial charge is 0.497 e. The number of benzene rings is 2. The summed E-state index contributed by atoms with van der Waals surface area (Å²) in [4.78, 5) is 18.6. The van der Waals surface area contributed by atoms with Crippen LogP contribution in [0.15, 0.2) is 53.1 Å². The van der Waals surface area contributed by atoms with Crippen molar-refractivity contribution in [2.75, 3.05) is 24.3 Å². The van der Waals surface area contributed by atoms with Crippen molar-refractivity contribution in [1.29, 1.82) is 0 Å². The summed E-state index contributed by atoms with van der Waals surface area (Å²) >= 11 is 0. The van der Waals surface area contributed by atoms with Gasteiger partial charge in [0.2, 0.25) is 17.6 Å². The van der Waals surface area contributed by atoms with Crippen molar-refractivity contribution >= 4 is 22.4 Å². The maximum absolute atomic E-state index is 12.5. The molecule has 0 spiro atoms. The first-order chi connectivity index (χ1) is 14.1. The van der Waals surface area contributed by atoms with Gasteiger partial charge in [0.25, 0.3) is 0 Å². The van der Waals surface area contributed by atoms with Crippen LogP contribution in [0.1, 0.15) is 17.9 Å². The van der Waals surface area contributed by atoms with Crippen molar-refractivity contribution in [3.8, 4) is 17.1 Å². The third kappa shape index (κ3) is 4.37. The molecule has 2 aromatic carbocycles. The van der Waals surface area contributed by atoms with E-state index < -0.39 is 10.8 Å². The van der Waals surface area contributed by atoms with Crippen molar-refractivity contribution in [2.24, 2.45) is 0 Å². The fourth-order valence-corrected chi connectivity index (χ4v) is 4.28. The van der Waals surface area contributed by atoms with E-state index in [1.165, 1.54) is 5.56 Å². The highest BCUT2D eigenvalue weighted by molar-refractivity contribution is 7.84. The maximum atomic E-state index is 12.5. The molecule has 150 valence electrons. The molecule has 0 fully saturated rings. The van der Waals surface area contributed by atoms with E-state index in [1.54, 1.807) is 18.1 Å². The highest BCUT2D eigenvalue weighted by Crippen LogP contribution is 2.28. The molecule has 0 saturated heterocycles. The smallest absolute Gasteiger partial charge is 0.239 e. The second kappa shape index (κ2) is 8.57. The number of amides is 1. The van der Waals surface area contributed by atoms with Crippen LogP contribution in [0, 0.1) is 0 Å². The number of hydrogen-bond donors (Lipinski definition) is 0. The molecular formula is C21H21N3O4S. The summed E-state index contributed by atoms with van der Waals surface area (Å²) in [5, 5.41) is 3.95. The van der Waals surface area contributed by atoms with E-state index in [0.29, 0.717) is 24.0 Å². The van der Waals surface area contributed by atoms with Crippen LogP contribution in [0.25, 0.3) is 11.4 Å². The third-order valence-corrected chi connectivity index (χ3v) is 6.04. The number of carbonyl (C=O) groups excluding carboxylic acids is 1. The lowest BCUT2D eigenvalue weighted by Gasteiger charge is -2.16. The zero-order valence-corrected chi connectivity index (χ0v) is 16.9. The van der Waals surface area contributed by atoms with Crippen LogP contribution in [-0.4, -0.2) is 39.7 Å². The average Bonchev–Trinajstić information content (AvgIpc) is 3.39. The molecule has 0 bridgehead atoms. The summed E-state index contributed by atoms with van der Waals surface area (Å²) in [6, 6.07) is 15.2. The normalized spacial score (nSPS) is 13.9. The molecule has 29 heavy (non-hydrogen) atoms. The van der Waals surface area contributed by atoms with Gasteiger partial charge < -0.3 is 14.2 Å². The van der Waals surface area contributed by atoms with Crippen molar-refractivity contribution in [3.63, 3.8) is 0 Å². The quantitative estimate of drug-likeness (QED) is 0.594. The van der Waals surface area contributed by atoms with E-state index in [0.717, 1.165) is 17.7 Å². The first-order valence-electron chi connectivity index (χ1n) is 9.34. The molecule has 7 nitrogen and oxygen atoms in total. The SMILES string of the molecule is COc1cccc(-c2noc(CS(=O)CCC(=O)N3CCc4ccccc43)n2)c1. The molecule has 0 aliphatic carbocycles. The molecule has 0 radical (unpaired) electrons. The first kappa shape index (κ1) is 19.3. The second-order valence-corrected chi connectivity index (χ2v) is 8.28. The Morgan fingerprint density at radius 1 is 1.24 bits per heavy atom. The molecule has 0 saturated carbocycles. The number of aromatic nitrogens is 2. The van der Waals surface area contributed by atoms with Gasteiger partial charge in [-0.1, -0.05) is 35.5 Å². The molecule has 1 aliphatic heterocycles. The molecule has 0 N–H and O–H groups in total. The van der Waals surface area contributed by atoms with Crippen molar-refractivity contribution in [3.05, 3.63) is 60.0 Å². The van der Waals surface area contributed by atoms with Gasteiger partial charge in [0.1, 0.15) is 11.5 Å². The fourth-order valence-electron chi connectivity index (χ4n) is 3.34. The molecule has 1 unspecified atom stereocenters. The Morgan fingerprint density at radius 2 is 2.10 bits per heavy atom. The van der Waals surface area contributed by atoms with Crippen LogP contribution in [0.3, 0.4) is 0 Å².